The number of nitrogens with zero attached hydrogens (tertiary/aromatic N) is 2. The number of piperidine rings is 1. The van der Waals surface area contributed by atoms with Gasteiger partial charge in [-0.3, -0.25) is 4.79 Å². The predicted octanol–water partition coefficient (Wildman–Crippen LogP) is 4.00. The first-order valence-corrected chi connectivity index (χ1v) is 12.2. The number of fused-ring (bicyclic) bond motifs is 1. The molecule has 1 N–H and O–H groups in total. The summed E-state index contributed by atoms with van der Waals surface area (Å²) in [5.41, 5.74) is 3.08. The lowest BCUT2D eigenvalue weighted by Gasteiger charge is -2.26. The molecule has 31 heavy (non-hydrogen) atoms. The maximum absolute atomic E-state index is 13.0. The summed E-state index contributed by atoms with van der Waals surface area (Å²) in [7, 11) is -3.48. The van der Waals surface area contributed by atoms with Crippen molar-refractivity contribution in [2.24, 2.45) is 0 Å². The zero-order chi connectivity index (χ0) is 22.0. The largest absolute Gasteiger partial charge is 0.350 e. The van der Waals surface area contributed by atoms with E-state index in [0.29, 0.717) is 24.5 Å². The van der Waals surface area contributed by atoms with E-state index in [9.17, 15) is 13.2 Å². The topological polar surface area (TPSA) is 71.4 Å². The molecule has 1 saturated heterocycles. The number of nitrogens with one attached hydrogen (secondary N) is 1. The molecule has 164 valence electrons. The van der Waals surface area contributed by atoms with Gasteiger partial charge in [-0.2, -0.15) is 4.31 Å². The summed E-state index contributed by atoms with van der Waals surface area (Å²) in [6, 6.07) is 14.7. The molecule has 1 unspecified atom stereocenters. The van der Waals surface area contributed by atoms with Gasteiger partial charge in [0.2, 0.25) is 15.9 Å². The van der Waals surface area contributed by atoms with E-state index in [4.69, 9.17) is 0 Å². The minimum absolute atomic E-state index is 0.0805. The molecule has 0 saturated carbocycles. The summed E-state index contributed by atoms with van der Waals surface area (Å²) >= 11 is 0. The summed E-state index contributed by atoms with van der Waals surface area (Å²) in [6.45, 7) is 5.52. The van der Waals surface area contributed by atoms with Crippen molar-refractivity contribution in [3.05, 3.63) is 65.9 Å². The van der Waals surface area contributed by atoms with Crippen molar-refractivity contribution in [2.75, 3.05) is 13.1 Å². The molecule has 1 atom stereocenters. The standard InChI is InChI=1S/C24H29N3O3S/c1-18-6-8-20(9-7-18)17-25-24(28)19(2)27-15-12-21-16-22(10-11-23(21)27)31(29,30)26-13-4-3-5-14-26/h6-12,15-16,19H,3-5,13-14,17H2,1-2H3,(H,25,28). The second-order valence-corrected chi connectivity index (χ2v) is 10.2. The molecule has 1 fully saturated rings. The molecule has 1 aliphatic heterocycles. The number of hydrogen-bond acceptors (Lipinski definition) is 3. The number of carbonyl (C=O) groups excluding carboxylic acids is 1. The molecule has 0 radical (unpaired) electrons. The zero-order valence-corrected chi connectivity index (χ0v) is 18.9. The summed E-state index contributed by atoms with van der Waals surface area (Å²) in [5.74, 6) is -0.0805. The first kappa shape index (κ1) is 21.6. The number of amides is 1. The Hall–Kier alpha value is -2.64. The Morgan fingerprint density at radius 3 is 2.45 bits per heavy atom. The van der Waals surface area contributed by atoms with E-state index in [-0.39, 0.29) is 5.91 Å². The highest BCUT2D eigenvalue weighted by molar-refractivity contribution is 7.89. The van der Waals surface area contributed by atoms with Gasteiger partial charge in [-0.1, -0.05) is 36.2 Å². The predicted molar refractivity (Wildman–Crippen MR) is 122 cm³/mol. The normalized spacial score (nSPS) is 16.3. The van der Waals surface area contributed by atoms with Crippen LogP contribution in [0.1, 0.15) is 43.4 Å². The molecule has 6 nitrogen and oxygen atoms in total. The smallest absolute Gasteiger partial charge is 0.243 e. The summed E-state index contributed by atoms with van der Waals surface area (Å²) in [6.07, 6.45) is 4.75. The Labute approximate surface area is 183 Å². The summed E-state index contributed by atoms with van der Waals surface area (Å²) in [4.78, 5) is 13.0. The second-order valence-electron chi connectivity index (χ2n) is 8.29. The molecular weight excluding hydrogens is 410 g/mol. The van der Waals surface area contributed by atoms with Gasteiger partial charge < -0.3 is 9.88 Å². The fourth-order valence-corrected chi connectivity index (χ4v) is 5.62. The zero-order valence-electron chi connectivity index (χ0n) is 18.0. The average Bonchev–Trinajstić information content (AvgIpc) is 3.22. The van der Waals surface area contributed by atoms with Crippen LogP contribution in [-0.4, -0.2) is 36.3 Å². The number of sulfonamides is 1. The fraction of sp³-hybridized carbons (Fsp3) is 0.375. The monoisotopic (exact) mass is 439 g/mol. The number of carbonyl (C=O) groups is 1. The lowest BCUT2D eigenvalue weighted by Crippen LogP contribution is -2.35. The number of aromatic nitrogens is 1. The lowest BCUT2D eigenvalue weighted by atomic mass is 10.1. The highest BCUT2D eigenvalue weighted by Gasteiger charge is 2.26. The molecule has 7 heteroatoms. The molecule has 1 aromatic heterocycles. The Morgan fingerprint density at radius 1 is 1.03 bits per heavy atom. The van der Waals surface area contributed by atoms with Crippen molar-refractivity contribution in [1.29, 1.82) is 0 Å². The third-order valence-electron chi connectivity index (χ3n) is 6.03. The SMILES string of the molecule is Cc1ccc(CNC(=O)C(C)n2ccc3cc(S(=O)(=O)N4CCCCC4)ccc32)cc1. The van der Waals surface area contributed by atoms with Crippen LogP contribution >= 0.6 is 0 Å². The molecule has 0 aliphatic carbocycles. The maximum atomic E-state index is 13.0. The van der Waals surface area contributed by atoms with Crippen molar-refractivity contribution in [3.8, 4) is 0 Å². The molecule has 1 amide bonds. The minimum Gasteiger partial charge on any atom is -0.350 e. The second kappa shape index (κ2) is 8.85. The summed E-state index contributed by atoms with van der Waals surface area (Å²) < 4.78 is 29.4. The van der Waals surface area contributed by atoms with E-state index < -0.39 is 16.1 Å². The maximum Gasteiger partial charge on any atom is 0.243 e. The highest BCUT2D eigenvalue weighted by Crippen LogP contribution is 2.26. The average molecular weight is 440 g/mol. The molecule has 4 rings (SSSR count). The number of hydrogen-bond donors (Lipinski definition) is 1. The van der Waals surface area contributed by atoms with Crippen molar-refractivity contribution in [2.45, 2.75) is 50.6 Å². The lowest BCUT2D eigenvalue weighted by molar-refractivity contribution is -0.123. The molecule has 2 aromatic carbocycles. The van der Waals surface area contributed by atoms with Crippen LogP contribution in [0.15, 0.2) is 59.6 Å². The molecule has 2 heterocycles. The van der Waals surface area contributed by atoms with Gasteiger partial charge in [0.25, 0.3) is 0 Å². The summed E-state index contributed by atoms with van der Waals surface area (Å²) in [5, 5.41) is 3.80. The quantitative estimate of drug-likeness (QED) is 0.631. The van der Waals surface area contributed by atoms with Crippen molar-refractivity contribution in [3.63, 3.8) is 0 Å². The molecular formula is C24H29N3O3S. The highest BCUT2D eigenvalue weighted by atomic mass is 32.2. The van der Waals surface area contributed by atoms with Gasteiger partial charge in [-0.25, -0.2) is 8.42 Å². The van der Waals surface area contributed by atoms with Crippen LogP contribution in [0, 0.1) is 6.92 Å². The van der Waals surface area contributed by atoms with Gasteiger partial charge >= 0.3 is 0 Å². The molecule has 0 spiro atoms. The van der Waals surface area contributed by atoms with Crippen LogP contribution in [0.3, 0.4) is 0 Å². The van der Waals surface area contributed by atoms with E-state index >= 15 is 0 Å². The Bertz CT molecular complexity index is 1180. The van der Waals surface area contributed by atoms with Crippen LogP contribution in [0.4, 0.5) is 0 Å². The van der Waals surface area contributed by atoms with Crippen molar-refractivity contribution < 1.29 is 13.2 Å². The molecule has 0 bridgehead atoms. The minimum atomic E-state index is -3.48. The number of aryl methyl sites for hydroxylation is 1. The molecule has 1 aliphatic rings. The van der Waals surface area contributed by atoms with E-state index in [1.165, 1.54) is 5.56 Å². The van der Waals surface area contributed by atoms with Crippen LogP contribution in [0.25, 0.3) is 10.9 Å². The van der Waals surface area contributed by atoms with Gasteiger partial charge in [-0.05, 0) is 56.5 Å². The Kier molecular flexibility index (Phi) is 6.16. The number of benzene rings is 2. The van der Waals surface area contributed by atoms with Crippen molar-refractivity contribution >= 4 is 26.8 Å². The van der Waals surface area contributed by atoms with Crippen LogP contribution < -0.4 is 5.32 Å². The van der Waals surface area contributed by atoms with E-state index in [2.05, 4.69) is 5.32 Å². The van der Waals surface area contributed by atoms with Crippen molar-refractivity contribution in [1.82, 2.24) is 14.2 Å². The Morgan fingerprint density at radius 2 is 1.74 bits per heavy atom. The first-order chi connectivity index (χ1) is 14.9. The van der Waals surface area contributed by atoms with Crippen LogP contribution in [0.2, 0.25) is 0 Å². The molecule has 3 aromatic rings. The van der Waals surface area contributed by atoms with Gasteiger partial charge in [0, 0.05) is 36.7 Å². The fourth-order valence-electron chi connectivity index (χ4n) is 4.06. The first-order valence-electron chi connectivity index (χ1n) is 10.8. The van der Waals surface area contributed by atoms with E-state index in [1.54, 1.807) is 22.5 Å². The van der Waals surface area contributed by atoms with Crippen LogP contribution in [-0.2, 0) is 21.4 Å². The van der Waals surface area contributed by atoms with Crippen LogP contribution in [0.5, 0.6) is 0 Å². The van der Waals surface area contributed by atoms with E-state index in [0.717, 1.165) is 35.7 Å². The third kappa shape index (κ3) is 4.52. The van der Waals surface area contributed by atoms with Gasteiger partial charge in [0.15, 0.2) is 0 Å². The van der Waals surface area contributed by atoms with Gasteiger partial charge in [0.05, 0.1) is 4.90 Å². The Balaban J connectivity index is 1.50. The van der Waals surface area contributed by atoms with Gasteiger partial charge in [0.1, 0.15) is 6.04 Å². The van der Waals surface area contributed by atoms with Gasteiger partial charge in [-0.15, -0.1) is 0 Å². The third-order valence-corrected chi connectivity index (χ3v) is 7.92. The number of rotatable bonds is 6. The van der Waals surface area contributed by atoms with E-state index in [1.807, 2.05) is 54.9 Å².